The Hall–Kier alpha value is -5.21. The highest BCUT2D eigenvalue weighted by Crippen LogP contribution is 2.36. The molecular weight excluding hydrogens is 714 g/mol. The van der Waals surface area contributed by atoms with E-state index in [9.17, 15) is 38.5 Å². The first-order valence-corrected chi connectivity index (χ1v) is 16.1. The van der Waals surface area contributed by atoms with Crippen LogP contribution in [0.2, 0.25) is 0 Å². The fourth-order valence-electron chi connectivity index (χ4n) is 5.45. The van der Waals surface area contributed by atoms with Crippen molar-refractivity contribution in [1.82, 2.24) is 0 Å². The molecule has 2 aliphatic heterocycles. The Morgan fingerprint density at radius 2 is 0.925 bits per heavy atom. The van der Waals surface area contributed by atoms with Crippen LogP contribution in [-0.2, 0) is 87.5 Å². The van der Waals surface area contributed by atoms with Gasteiger partial charge in [-0.3, -0.25) is 33.6 Å². The van der Waals surface area contributed by atoms with E-state index in [2.05, 4.69) is 5.18 Å². The molecule has 0 radical (unpaired) electrons. The largest absolute Gasteiger partial charge is 0.463 e. The standard InChI is InChI=1S/C33H41NO19/c1-15(35)43-13-24-26(45-17(3)37)28(46-18(4)38)31(49-21(7)41)33(52-24)53-27-25(14-44-16(2)36)51-32(30(48-20(6)40)29(27)47-19(5)39)50-23-10-8-22(9-11-23)12-34-42/h8-11,24-33H,12-14H2,1-7H3/t24-,25-,26+,27-,28+,29+,30-,31-,32-,33+/m1/s1. The highest BCUT2D eigenvalue weighted by Gasteiger charge is 2.58. The molecule has 2 aliphatic rings. The number of hydrogen-bond donors (Lipinski definition) is 0. The van der Waals surface area contributed by atoms with E-state index in [0.29, 0.717) is 5.56 Å². The molecule has 0 saturated carbocycles. The molecule has 292 valence electrons. The average Bonchev–Trinajstić information content (AvgIpc) is 3.04. The maximum Gasteiger partial charge on any atom is 0.303 e. The summed E-state index contributed by atoms with van der Waals surface area (Å²) in [6.45, 7) is 6.10. The third-order valence-corrected chi connectivity index (χ3v) is 7.31. The topological polar surface area (TPSA) is 250 Å². The molecule has 20 nitrogen and oxygen atoms in total. The molecule has 0 unspecified atom stereocenters. The van der Waals surface area contributed by atoms with Crippen molar-refractivity contribution in [1.29, 1.82) is 0 Å². The summed E-state index contributed by atoms with van der Waals surface area (Å²) in [7, 11) is 0. The zero-order valence-corrected chi connectivity index (χ0v) is 29.9. The van der Waals surface area contributed by atoms with Crippen molar-refractivity contribution in [2.24, 2.45) is 5.18 Å². The molecule has 0 amide bonds. The van der Waals surface area contributed by atoms with Crippen LogP contribution in [-0.4, -0.2) is 116 Å². The molecule has 2 heterocycles. The number of carbonyl (C=O) groups is 7. The molecule has 0 spiro atoms. The minimum atomic E-state index is -1.82. The normalized spacial score (nSPS) is 27.9. The van der Waals surface area contributed by atoms with Gasteiger partial charge in [0.2, 0.25) is 12.4 Å². The van der Waals surface area contributed by atoms with Crippen molar-refractivity contribution >= 4 is 41.8 Å². The monoisotopic (exact) mass is 755 g/mol. The van der Waals surface area contributed by atoms with Gasteiger partial charge in [0.15, 0.2) is 30.7 Å². The molecule has 0 aromatic heterocycles. The van der Waals surface area contributed by atoms with Gasteiger partial charge in [-0.25, -0.2) is 0 Å². The van der Waals surface area contributed by atoms with Crippen molar-refractivity contribution in [2.75, 3.05) is 13.2 Å². The van der Waals surface area contributed by atoms with Crippen molar-refractivity contribution in [3.05, 3.63) is 34.7 Å². The van der Waals surface area contributed by atoms with Gasteiger partial charge in [-0.1, -0.05) is 17.3 Å². The van der Waals surface area contributed by atoms with Gasteiger partial charge in [0.1, 0.15) is 43.8 Å². The van der Waals surface area contributed by atoms with E-state index in [0.717, 1.165) is 48.5 Å². The van der Waals surface area contributed by atoms with E-state index >= 15 is 0 Å². The second-order valence-electron chi connectivity index (χ2n) is 11.7. The fourth-order valence-corrected chi connectivity index (χ4v) is 5.45. The molecular formula is C33H41NO19. The number of benzene rings is 1. The maximum absolute atomic E-state index is 12.6. The predicted molar refractivity (Wildman–Crippen MR) is 170 cm³/mol. The van der Waals surface area contributed by atoms with E-state index in [4.69, 9.17) is 52.1 Å². The van der Waals surface area contributed by atoms with Crippen LogP contribution >= 0.6 is 0 Å². The Labute approximate surface area is 302 Å². The van der Waals surface area contributed by atoms with Gasteiger partial charge in [-0.2, -0.15) is 4.91 Å². The first-order chi connectivity index (χ1) is 25.0. The molecule has 1 aromatic rings. The maximum atomic E-state index is 12.6. The van der Waals surface area contributed by atoms with Crippen molar-refractivity contribution in [2.45, 2.75) is 116 Å². The summed E-state index contributed by atoms with van der Waals surface area (Å²) in [5, 5.41) is 2.83. The highest BCUT2D eigenvalue weighted by molar-refractivity contribution is 5.69. The molecule has 53 heavy (non-hydrogen) atoms. The molecule has 3 rings (SSSR count). The van der Waals surface area contributed by atoms with E-state index in [-0.39, 0.29) is 12.3 Å². The Morgan fingerprint density at radius 3 is 1.38 bits per heavy atom. The van der Waals surface area contributed by atoms with E-state index in [1.807, 2.05) is 0 Å². The second kappa shape index (κ2) is 19.6. The number of carbonyl (C=O) groups excluding carboxylic acids is 7. The number of ether oxygens (including phenoxy) is 11. The highest BCUT2D eigenvalue weighted by atomic mass is 16.8. The molecule has 2 fully saturated rings. The molecule has 0 bridgehead atoms. The lowest BCUT2D eigenvalue weighted by atomic mass is 9.96. The van der Waals surface area contributed by atoms with Crippen LogP contribution in [0.15, 0.2) is 29.4 Å². The summed E-state index contributed by atoms with van der Waals surface area (Å²) in [6, 6.07) is 6.01. The number of esters is 7. The first kappa shape index (κ1) is 42.2. The summed E-state index contributed by atoms with van der Waals surface area (Å²) in [6.07, 6.45) is -16.0. The molecule has 20 heteroatoms. The van der Waals surface area contributed by atoms with Gasteiger partial charge < -0.3 is 52.1 Å². The van der Waals surface area contributed by atoms with Crippen LogP contribution in [0.5, 0.6) is 5.75 Å². The summed E-state index contributed by atoms with van der Waals surface area (Å²) >= 11 is 0. The minimum Gasteiger partial charge on any atom is -0.463 e. The molecule has 10 atom stereocenters. The van der Waals surface area contributed by atoms with Crippen molar-refractivity contribution < 1.29 is 85.7 Å². The van der Waals surface area contributed by atoms with E-state index in [1.165, 1.54) is 24.3 Å². The van der Waals surface area contributed by atoms with Crippen molar-refractivity contribution in [3.8, 4) is 5.75 Å². The van der Waals surface area contributed by atoms with E-state index in [1.54, 1.807) is 0 Å². The van der Waals surface area contributed by atoms with Crippen LogP contribution in [0, 0.1) is 4.91 Å². The first-order valence-electron chi connectivity index (χ1n) is 16.1. The average molecular weight is 756 g/mol. The molecule has 1 aromatic carbocycles. The molecule has 2 saturated heterocycles. The lowest BCUT2D eigenvalue weighted by Gasteiger charge is -2.48. The van der Waals surface area contributed by atoms with Gasteiger partial charge in [-0.15, -0.1) is 0 Å². The smallest absolute Gasteiger partial charge is 0.303 e. The SMILES string of the molecule is CC(=O)OC[C@H]1O[C@@H](O[C@H]2[C@H](OC(C)=O)[C@@H](OC(C)=O)[C@H](Oc3ccc(CN=O)cc3)O[C@@H]2COC(C)=O)[C@H](OC(C)=O)[C@@H](OC(C)=O)[C@H]1OC(C)=O. The Morgan fingerprint density at radius 1 is 0.528 bits per heavy atom. The van der Waals surface area contributed by atoms with Crippen LogP contribution in [0.4, 0.5) is 0 Å². The zero-order valence-electron chi connectivity index (χ0n) is 29.9. The van der Waals surface area contributed by atoms with Gasteiger partial charge in [-0.05, 0) is 17.7 Å². The van der Waals surface area contributed by atoms with Gasteiger partial charge in [0.05, 0.1) is 0 Å². The molecule has 0 N–H and O–H groups in total. The third kappa shape index (κ3) is 12.8. The van der Waals surface area contributed by atoms with Gasteiger partial charge in [0, 0.05) is 48.5 Å². The van der Waals surface area contributed by atoms with Crippen LogP contribution < -0.4 is 4.74 Å². The summed E-state index contributed by atoms with van der Waals surface area (Å²) < 4.78 is 62.3. The number of nitroso groups, excluding NO2 is 1. The number of hydrogen-bond acceptors (Lipinski definition) is 20. The quantitative estimate of drug-likeness (QED) is 0.137. The number of nitrogens with zero attached hydrogens (tertiary/aromatic N) is 1. The Bertz CT molecular complexity index is 1500. The van der Waals surface area contributed by atoms with E-state index < -0.39 is 116 Å². The Kier molecular flexibility index (Phi) is 15.6. The lowest BCUT2D eigenvalue weighted by Crippen LogP contribution is -2.67. The summed E-state index contributed by atoms with van der Waals surface area (Å²) in [5.74, 6) is -5.86. The van der Waals surface area contributed by atoms with Crippen LogP contribution in [0.3, 0.4) is 0 Å². The zero-order chi connectivity index (χ0) is 39.4. The van der Waals surface area contributed by atoms with Gasteiger partial charge in [0.25, 0.3) is 0 Å². The summed E-state index contributed by atoms with van der Waals surface area (Å²) in [5.41, 5.74) is 0.553. The van der Waals surface area contributed by atoms with Crippen LogP contribution in [0.1, 0.15) is 54.0 Å². The predicted octanol–water partition coefficient (Wildman–Crippen LogP) is 0.952. The minimum absolute atomic E-state index is 0.118. The van der Waals surface area contributed by atoms with Gasteiger partial charge >= 0.3 is 41.8 Å². The number of rotatable bonds is 15. The second-order valence-corrected chi connectivity index (χ2v) is 11.7. The molecule has 0 aliphatic carbocycles. The Balaban J connectivity index is 2.16. The third-order valence-electron chi connectivity index (χ3n) is 7.31. The lowest BCUT2D eigenvalue weighted by molar-refractivity contribution is -0.354. The fraction of sp³-hybridized carbons (Fsp3) is 0.606. The van der Waals surface area contributed by atoms with Crippen molar-refractivity contribution in [3.63, 3.8) is 0 Å². The summed E-state index contributed by atoms with van der Waals surface area (Å²) in [4.78, 5) is 96.4. The van der Waals surface area contributed by atoms with Crippen LogP contribution in [0.25, 0.3) is 0 Å².